The largest absolute Gasteiger partial charge is 0.350 e. The molecule has 166 valence electrons. The van der Waals surface area contributed by atoms with Crippen molar-refractivity contribution in [2.75, 3.05) is 0 Å². The molecule has 0 spiro atoms. The first kappa shape index (κ1) is 21.2. The Balaban J connectivity index is 1.56. The van der Waals surface area contributed by atoms with Crippen molar-refractivity contribution in [1.82, 2.24) is 19.7 Å². The molecular formula is C26H24N4O2S. The summed E-state index contributed by atoms with van der Waals surface area (Å²) < 4.78 is 3.31. The molecule has 2 aromatic carbocycles. The van der Waals surface area contributed by atoms with Crippen molar-refractivity contribution in [2.24, 2.45) is 0 Å². The number of carbonyl (C=O) groups excluding carboxylic acids is 1. The molecule has 7 heteroatoms. The van der Waals surface area contributed by atoms with Gasteiger partial charge in [-0.15, -0.1) is 11.3 Å². The fourth-order valence-electron chi connectivity index (χ4n) is 4.20. The molecule has 0 atom stereocenters. The number of aryl methyl sites for hydroxylation is 2. The molecule has 0 unspecified atom stereocenters. The summed E-state index contributed by atoms with van der Waals surface area (Å²) in [5, 5.41) is 10.9. The zero-order chi connectivity index (χ0) is 22.9. The quantitative estimate of drug-likeness (QED) is 0.412. The third kappa shape index (κ3) is 4.07. The molecule has 0 aliphatic carbocycles. The van der Waals surface area contributed by atoms with E-state index in [9.17, 15) is 9.59 Å². The van der Waals surface area contributed by atoms with Crippen LogP contribution in [0.3, 0.4) is 0 Å². The van der Waals surface area contributed by atoms with Gasteiger partial charge >= 0.3 is 0 Å². The lowest BCUT2D eigenvalue weighted by atomic mass is 10.1. The Hall–Kier alpha value is -3.71. The number of benzene rings is 2. The van der Waals surface area contributed by atoms with Gasteiger partial charge in [-0.05, 0) is 42.5 Å². The van der Waals surface area contributed by atoms with E-state index in [4.69, 9.17) is 0 Å². The first-order valence-electron chi connectivity index (χ1n) is 10.8. The van der Waals surface area contributed by atoms with E-state index in [-0.39, 0.29) is 18.0 Å². The molecule has 0 aliphatic heterocycles. The molecule has 0 saturated carbocycles. The SMILES string of the molecule is Cc1ccc(C)c(Cn2c3ccccc3c3cnn(CC(=O)NCc4cccs4)c(=O)c32)c1. The van der Waals surface area contributed by atoms with Crippen LogP contribution in [0.15, 0.2) is 71.0 Å². The summed E-state index contributed by atoms with van der Waals surface area (Å²) in [7, 11) is 0. The predicted molar refractivity (Wildman–Crippen MR) is 133 cm³/mol. The van der Waals surface area contributed by atoms with E-state index in [2.05, 4.69) is 47.0 Å². The fraction of sp³-hybridized carbons (Fsp3) is 0.192. The Morgan fingerprint density at radius 2 is 1.91 bits per heavy atom. The summed E-state index contributed by atoms with van der Waals surface area (Å²) in [5.41, 5.74) is 4.80. The second-order valence-corrected chi connectivity index (χ2v) is 9.29. The number of amides is 1. The second kappa shape index (κ2) is 8.67. The van der Waals surface area contributed by atoms with Crippen LogP contribution in [-0.2, 0) is 24.4 Å². The number of fused-ring (bicyclic) bond motifs is 3. The molecule has 0 aliphatic rings. The van der Waals surface area contributed by atoms with Crippen molar-refractivity contribution in [1.29, 1.82) is 0 Å². The van der Waals surface area contributed by atoms with Gasteiger partial charge in [-0.25, -0.2) is 4.68 Å². The molecule has 33 heavy (non-hydrogen) atoms. The zero-order valence-electron chi connectivity index (χ0n) is 18.5. The normalized spacial score (nSPS) is 11.3. The molecule has 0 fully saturated rings. The van der Waals surface area contributed by atoms with Crippen LogP contribution in [0, 0.1) is 13.8 Å². The minimum Gasteiger partial charge on any atom is -0.350 e. The highest BCUT2D eigenvalue weighted by Crippen LogP contribution is 2.27. The lowest BCUT2D eigenvalue weighted by molar-refractivity contribution is -0.122. The number of rotatable bonds is 6. The Kier molecular flexibility index (Phi) is 5.56. The van der Waals surface area contributed by atoms with E-state index in [0.29, 0.717) is 18.6 Å². The molecule has 5 rings (SSSR count). The van der Waals surface area contributed by atoms with Crippen LogP contribution in [0.5, 0.6) is 0 Å². The van der Waals surface area contributed by atoms with Gasteiger partial charge in [-0.1, -0.05) is 48.0 Å². The van der Waals surface area contributed by atoms with Crippen molar-refractivity contribution < 1.29 is 4.79 Å². The minimum absolute atomic E-state index is 0.120. The molecule has 1 N–H and O–H groups in total. The molecular weight excluding hydrogens is 432 g/mol. The number of hydrogen-bond donors (Lipinski definition) is 1. The van der Waals surface area contributed by atoms with Gasteiger partial charge in [0.25, 0.3) is 5.56 Å². The predicted octanol–water partition coefficient (Wildman–Crippen LogP) is 4.39. The molecule has 0 saturated heterocycles. The summed E-state index contributed by atoms with van der Waals surface area (Å²) in [6.07, 6.45) is 1.70. The van der Waals surface area contributed by atoms with E-state index in [1.165, 1.54) is 15.8 Å². The van der Waals surface area contributed by atoms with E-state index in [0.717, 1.165) is 26.7 Å². The zero-order valence-corrected chi connectivity index (χ0v) is 19.4. The van der Waals surface area contributed by atoms with Gasteiger partial charge in [0.05, 0.1) is 12.7 Å². The highest BCUT2D eigenvalue weighted by Gasteiger charge is 2.17. The lowest BCUT2D eigenvalue weighted by Gasteiger charge is -2.12. The first-order chi connectivity index (χ1) is 16.0. The summed E-state index contributed by atoms with van der Waals surface area (Å²) in [6.45, 7) is 5.05. The van der Waals surface area contributed by atoms with Crippen molar-refractivity contribution in [2.45, 2.75) is 33.5 Å². The second-order valence-electron chi connectivity index (χ2n) is 8.26. The van der Waals surface area contributed by atoms with Crippen LogP contribution >= 0.6 is 11.3 Å². The summed E-state index contributed by atoms with van der Waals surface area (Å²) in [6, 6.07) is 18.3. The smallest absolute Gasteiger partial charge is 0.291 e. The molecule has 0 radical (unpaired) electrons. The molecule has 0 bridgehead atoms. The van der Waals surface area contributed by atoms with Crippen molar-refractivity contribution in [3.8, 4) is 0 Å². The number of nitrogens with one attached hydrogen (secondary N) is 1. The van der Waals surface area contributed by atoms with Gasteiger partial charge in [0.15, 0.2) is 0 Å². The van der Waals surface area contributed by atoms with Crippen LogP contribution < -0.4 is 10.9 Å². The molecule has 3 aromatic heterocycles. The van der Waals surface area contributed by atoms with E-state index < -0.39 is 0 Å². The van der Waals surface area contributed by atoms with Crippen molar-refractivity contribution >= 4 is 39.0 Å². The summed E-state index contributed by atoms with van der Waals surface area (Å²) in [5.74, 6) is -0.241. The van der Waals surface area contributed by atoms with Gasteiger partial charge < -0.3 is 9.88 Å². The van der Waals surface area contributed by atoms with E-state index in [1.807, 2.05) is 41.8 Å². The van der Waals surface area contributed by atoms with Crippen LogP contribution in [0.4, 0.5) is 0 Å². The third-order valence-corrected chi connectivity index (χ3v) is 6.82. The van der Waals surface area contributed by atoms with E-state index in [1.54, 1.807) is 17.5 Å². The third-order valence-electron chi connectivity index (χ3n) is 5.94. The molecule has 6 nitrogen and oxygen atoms in total. The maximum Gasteiger partial charge on any atom is 0.291 e. The maximum absolute atomic E-state index is 13.5. The Morgan fingerprint density at radius 1 is 1.06 bits per heavy atom. The number of aromatic nitrogens is 3. The van der Waals surface area contributed by atoms with Gasteiger partial charge in [0.2, 0.25) is 5.91 Å². The lowest BCUT2D eigenvalue weighted by Crippen LogP contribution is -2.33. The number of para-hydroxylation sites is 1. The number of thiophene rings is 1. The van der Waals surface area contributed by atoms with Crippen molar-refractivity contribution in [3.63, 3.8) is 0 Å². The van der Waals surface area contributed by atoms with Crippen molar-refractivity contribution in [3.05, 3.63) is 98.1 Å². The Labute approximate surface area is 195 Å². The van der Waals surface area contributed by atoms with Crippen LogP contribution in [0.1, 0.15) is 21.6 Å². The van der Waals surface area contributed by atoms with Crippen LogP contribution in [0.25, 0.3) is 21.8 Å². The highest BCUT2D eigenvalue weighted by atomic mass is 32.1. The fourth-order valence-corrected chi connectivity index (χ4v) is 4.85. The summed E-state index contributed by atoms with van der Waals surface area (Å²) in [4.78, 5) is 27.1. The van der Waals surface area contributed by atoms with Crippen LogP contribution in [-0.4, -0.2) is 20.3 Å². The topological polar surface area (TPSA) is 68.9 Å². The Bertz CT molecular complexity index is 1530. The maximum atomic E-state index is 13.5. The molecule has 3 heterocycles. The minimum atomic E-state index is -0.264. The highest BCUT2D eigenvalue weighted by molar-refractivity contribution is 7.09. The standard InChI is InChI=1S/C26H24N4O2S/c1-17-9-10-18(2)19(12-17)15-29-23-8-4-3-7-21(23)22-14-28-30(26(32)25(22)29)16-24(31)27-13-20-6-5-11-33-20/h3-12,14H,13,15-16H2,1-2H3,(H,27,31). The monoisotopic (exact) mass is 456 g/mol. The Morgan fingerprint density at radius 3 is 2.73 bits per heavy atom. The number of hydrogen-bond acceptors (Lipinski definition) is 4. The van der Waals surface area contributed by atoms with Gasteiger partial charge in [0.1, 0.15) is 12.1 Å². The van der Waals surface area contributed by atoms with E-state index >= 15 is 0 Å². The molecule has 1 amide bonds. The van der Waals surface area contributed by atoms with Gasteiger partial charge in [-0.2, -0.15) is 5.10 Å². The first-order valence-corrected chi connectivity index (χ1v) is 11.7. The summed E-state index contributed by atoms with van der Waals surface area (Å²) >= 11 is 1.58. The average Bonchev–Trinajstić information content (AvgIpc) is 3.44. The average molecular weight is 457 g/mol. The number of nitrogens with zero attached hydrogens (tertiary/aromatic N) is 3. The van der Waals surface area contributed by atoms with Gasteiger partial charge in [-0.3, -0.25) is 9.59 Å². The van der Waals surface area contributed by atoms with Gasteiger partial charge in [0, 0.05) is 27.7 Å². The number of carbonyl (C=O) groups is 1. The van der Waals surface area contributed by atoms with Crippen LogP contribution in [0.2, 0.25) is 0 Å². The molecule has 5 aromatic rings.